The van der Waals surface area contributed by atoms with Crippen LogP contribution in [0.25, 0.3) is 0 Å². The van der Waals surface area contributed by atoms with Crippen molar-refractivity contribution < 1.29 is 19.2 Å². The van der Waals surface area contributed by atoms with Gasteiger partial charge in [-0.25, -0.2) is 5.06 Å². The van der Waals surface area contributed by atoms with Crippen LogP contribution in [0.2, 0.25) is 0 Å². The highest BCUT2D eigenvalue weighted by Gasteiger charge is 2.12. The van der Waals surface area contributed by atoms with Crippen LogP contribution in [-0.4, -0.2) is 37.6 Å². The predicted octanol–water partition coefficient (Wildman–Crippen LogP) is 0.184. The lowest BCUT2D eigenvalue weighted by Crippen LogP contribution is -2.30. The van der Waals surface area contributed by atoms with Crippen molar-refractivity contribution in [3.05, 3.63) is 29.8 Å². The molecule has 1 aromatic rings. The van der Waals surface area contributed by atoms with Gasteiger partial charge in [0.1, 0.15) is 5.75 Å². The first-order valence-electron chi connectivity index (χ1n) is 4.88. The van der Waals surface area contributed by atoms with Gasteiger partial charge in [0, 0.05) is 7.05 Å². The normalized spacial score (nSPS) is 9.76. The second-order valence-corrected chi connectivity index (χ2v) is 3.22. The Kier molecular flexibility index (Phi) is 4.47. The molecule has 2 N–H and O–H groups in total. The molecule has 0 saturated heterocycles. The van der Waals surface area contributed by atoms with E-state index in [1.165, 1.54) is 20.2 Å². The van der Waals surface area contributed by atoms with Crippen molar-refractivity contribution in [2.75, 3.05) is 20.8 Å². The quantitative estimate of drug-likeness (QED) is 0.742. The molecule has 2 amide bonds. The van der Waals surface area contributed by atoms with Gasteiger partial charge in [-0.3, -0.25) is 14.4 Å². The minimum absolute atomic E-state index is 0.228. The van der Waals surface area contributed by atoms with Gasteiger partial charge >= 0.3 is 0 Å². The summed E-state index contributed by atoms with van der Waals surface area (Å²) in [7, 11) is 2.83. The Balaban J connectivity index is 2.69. The third kappa shape index (κ3) is 3.46. The van der Waals surface area contributed by atoms with Gasteiger partial charge in [-0.2, -0.15) is 0 Å². The number of primary amides is 1. The van der Waals surface area contributed by atoms with Crippen LogP contribution in [0.3, 0.4) is 0 Å². The molecule has 0 fully saturated rings. The molecule has 0 radical (unpaired) electrons. The number of amides is 2. The number of ether oxygens (including phenoxy) is 1. The summed E-state index contributed by atoms with van der Waals surface area (Å²) >= 11 is 0. The lowest BCUT2D eigenvalue weighted by atomic mass is 10.2. The maximum absolute atomic E-state index is 11.4. The van der Waals surface area contributed by atoms with Crippen LogP contribution in [0.1, 0.15) is 10.4 Å². The van der Waals surface area contributed by atoms with Crippen LogP contribution in [0.4, 0.5) is 0 Å². The van der Waals surface area contributed by atoms with Crippen molar-refractivity contribution in [2.24, 2.45) is 5.73 Å². The predicted molar refractivity (Wildman–Crippen MR) is 60.2 cm³/mol. The molecular weight excluding hydrogens is 224 g/mol. The van der Waals surface area contributed by atoms with Gasteiger partial charge in [0.15, 0.2) is 6.61 Å². The lowest BCUT2D eigenvalue weighted by molar-refractivity contribution is -0.170. The van der Waals surface area contributed by atoms with Gasteiger partial charge in [-0.1, -0.05) is 12.1 Å². The Hall–Kier alpha value is -2.08. The Morgan fingerprint density at radius 1 is 1.35 bits per heavy atom. The molecule has 0 aromatic heterocycles. The molecule has 0 aliphatic carbocycles. The zero-order valence-corrected chi connectivity index (χ0v) is 9.67. The summed E-state index contributed by atoms with van der Waals surface area (Å²) in [4.78, 5) is 27.2. The van der Waals surface area contributed by atoms with Gasteiger partial charge in [0.25, 0.3) is 11.8 Å². The van der Waals surface area contributed by atoms with E-state index in [0.717, 1.165) is 5.06 Å². The number of likely N-dealkylation sites (N-methyl/N-ethyl adjacent to an activating group) is 1. The van der Waals surface area contributed by atoms with Crippen LogP contribution in [0.15, 0.2) is 24.3 Å². The first kappa shape index (κ1) is 13.0. The fraction of sp³-hybridized carbons (Fsp3) is 0.273. The summed E-state index contributed by atoms with van der Waals surface area (Å²) in [6, 6.07) is 6.45. The summed E-state index contributed by atoms with van der Waals surface area (Å²) in [6.07, 6.45) is 0. The van der Waals surface area contributed by atoms with Crippen LogP contribution in [0, 0.1) is 0 Å². The van der Waals surface area contributed by atoms with Gasteiger partial charge in [0.2, 0.25) is 0 Å². The molecule has 0 aliphatic rings. The van der Waals surface area contributed by atoms with Gasteiger partial charge in [0.05, 0.1) is 12.7 Å². The molecule has 0 aliphatic heterocycles. The molecule has 0 atom stereocenters. The van der Waals surface area contributed by atoms with Crippen LogP contribution in [-0.2, 0) is 9.63 Å². The standard InChI is InChI=1S/C11H14N2O4/c1-13(16-2)10(14)7-17-9-6-4-3-5-8(9)11(12)15/h3-6H,7H2,1-2H3,(H2,12,15). The summed E-state index contributed by atoms with van der Waals surface area (Å²) in [5.74, 6) is -0.697. The van der Waals surface area contributed by atoms with E-state index in [-0.39, 0.29) is 23.8 Å². The number of nitrogens with zero attached hydrogens (tertiary/aromatic N) is 1. The lowest BCUT2D eigenvalue weighted by Gasteiger charge is -2.14. The fourth-order valence-electron chi connectivity index (χ4n) is 1.13. The van der Waals surface area contributed by atoms with E-state index in [0.29, 0.717) is 0 Å². The minimum Gasteiger partial charge on any atom is -0.483 e. The van der Waals surface area contributed by atoms with Crippen molar-refractivity contribution in [1.29, 1.82) is 0 Å². The second-order valence-electron chi connectivity index (χ2n) is 3.22. The Labute approximate surface area is 98.9 Å². The molecule has 1 aromatic carbocycles. The smallest absolute Gasteiger partial charge is 0.283 e. The molecule has 92 valence electrons. The Morgan fingerprint density at radius 2 is 2.00 bits per heavy atom. The first-order valence-corrected chi connectivity index (χ1v) is 4.88. The summed E-state index contributed by atoms with van der Waals surface area (Å²) in [6.45, 7) is -0.228. The molecule has 6 nitrogen and oxygen atoms in total. The number of benzene rings is 1. The summed E-state index contributed by atoms with van der Waals surface area (Å²) in [5, 5.41) is 1.03. The largest absolute Gasteiger partial charge is 0.483 e. The van der Waals surface area contributed by atoms with E-state index < -0.39 is 5.91 Å². The number of nitrogens with two attached hydrogens (primary N) is 1. The number of hydrogen-bond donors (Lipinski definition) is 1. The van der Waals surface area contributed by atoms with E-state index in [4.69, 9.17) is 15.3 Å². The molecule has 1 rings (SSSR count). The van der Waals surface area contributed by atoms with Gasteiger partial charge in [-0.05, 0) is 12.1 Å². The average molecular weight is 238 g/mol. The highest BCUT2D eigenvalue weighted by atomic mass is 16.7. The molecule has 0 heterocycles. The van der Waals surface area contributed by atoms with Crippen molar-refractivity contribution in [1.82, 2.24) is 5.06 Å². The molecule has 0 bridgehead atoms. The number of carbonyl (C=O) groups is 2. The molecule has 0 unspecified atom stereocenters. The van der Waals surface area contributed by atoms with Crippen molar-refractivity contribution in [2.45, 2.75) is 0 Å². The van der Waals surface area contributed by atoms with Crippen molar-refractivity contribution in [3.63, 3.8) is 0 Å². The van der Waals surface area contributed by atoms with Crippen LogP contribution in [0.5, 0.6) is 5.75 Å². The SMILES string of the molecule is CON(C)C(=O)COc1ccccc1C(N)=O. The van der Waals surface area contributed by atoms with E-state index in [2.05, 4.69) is 0 Å². The average Bonchev–Trinajstić information content (AvgIpc) is 2.35. The second kappa shape index (κ2) is 5.86. The molecule has 0 spiro atoms. The maximum Gasteiger partial charge on any atom is 0.283 e. The zero-order chi connectivity index (χ0) is 12.8. The summed E-state index contributed by atoms with van der Waals surface area (Å²) in [5.41, 5.74) is 5.40. The zero-order valence-electron chi connectivity index (χ0n) is 9.67. The van der Waals surface area contributed by atoms with Gasteiger partial charge < -0.3 is 10.5 Å². The molecule has 0 saturated carbocycles. The number of hydroxylamine groups is 2. The van der Waals surface area contributed by atoms with Crippen molar-refractivity contribution in [3.8, 4) is 5.75 Å². The number of carbonyl (C=O) groups excluding carboxylic acids is 2. The van der Waals surface area contributed by atoms with E-state index in [1.54, 1.807) is 18.2 Å². The van der Waals surface area contributed by atoms with Gasteiger partial charge in [-0.15, -0.1) is 0 Å². The number of hydrogen-bond acceptors (Lipinski definition) is 4. The summed E-state index contributed by atoms with van der Waals surface area (Å²) < 4.78 is 5.21. The third-order valence-electron chi connectivity index (χ3n) is 2.13. The number of rotatable bonds is 5. The maximum atomic E-state index is 11.4. The first-order chi connectivity index (χ1) is 8.06. The Morgan fingerprint density at radius 3 is 2.59 bits per heavy atom. The molecule has 6 heteroatoms. The number of para-hydroxylation sites is 1. The van der Waals surface area contributed by atoms with Crippen LogP contribution < -0.4 is 10.5 Å². The van der Waals surface area contributed by atoms with E-state index >= 15 is 0 Å². The van der Waals surface area contributed by atoms with E-state index in [9.17, 15) is 9.59 Å². The Bertz CT molecular complexity index is 420. The topological polar surface area (TPSA) is 81.9 Å². The minimum atomic E-state index is -0.604. The van der Waals surface area contributed by atoms with Crippen LogP contribution >= 0.6 is 0 Å². The highest BCUT2D eigenvalue weighted by molar-refractivity contribution is 5.95. The molecule has 17 heavy (non-hydrogen) atoms. The fourth-order valence-corrected chi connectivity index (χ4v) is 1.13. The monoisotopic (exact) mass is 238 g/mol. The van der Waals surface area contributed by atoms with Crippen molar-refractivity contribution >= 4 is 11.8 Å². The third-order valence-corrected chi connectivity index (χ3v) is 2.13. The highest BCUT2D eigenvalue weighted by Crippen LogP contribution is 2.16. The molecular formula is C11H14N2O4. The van der Waals surface area contributed by atoms with E-state index in [1.807, 2.05) is 0 Å².